The number of aryl methyl sites for hydroxylation is 1. The van der Waals surface area contributed by atoms with Gasteiger partial charge in [0.25, 0.3) is 0 Å². The Labute approximate surface area is 240 Å². The van der Waals surface area contributed by atoms with Crippen LogP contribution in [0, 0.1) is 6.92 Å². The smallest absolute Gasteiger partial charge is 0.235 e. The molecule has 7 rings (SSSR count). The van der Waals surface area contributed by atoms with Crippen LogP contribution in [0.3, 0.4) is 0 Å². The van der Waals surface area contributed by atoms with Gasteiger partial charge >= 0.3 is 0 Å². The average Bonchev–Trinajstić information content (AvgIpc) is 3.69. The van der Waals surface area contributed by atoms with Gasteiger partial charge in [-0.15, -0.1) is 10.2 Å². The molecule has 0 amide bonds. The van der Waals surface area contributed by atoms with Gasteiger partial charge in [0.1, 0.15) is 17.0 Å². The van der Waals surface area contributed by atoms with E-state index in [-0.39, 0.29) is 0 Å². The molecule has 0 atom stereocenters. The number of nitrogens with one attached hydrogen (secondary N) is 1. The van der Waals surface area contributed by atoms with Gasteiger partial charge in [-0.3, -0.25) is 5.43 Å². The molecule has 7 aromatic rings. The van der Waals surface area contributed by atoms with Crippen molar-refractivity contribution in [1.82, 2.24) is 29.6 Å². The Bertz CT molecular complexity index is 2060. The van der Waals surface area contributed by atoms with Crippen molar-refractivity contribution in [3.05, 3.63) is 105 Å². The van der Waals surface area contributed by atoms with Crippen LogP contribution in [0.5, 0.6) is 0 Å². The Morgan fingerprint density at radius 1 is 0.900 bits per heavy atom. The lowest BCUT2D eigenvalue weighted by molar-refractivity contribution is 0.624. The van der Waals surface area contributed by atoms with Crippen molar-refractivity contribution in [3.63, 3.8) is 0 Å². The Morgan fingerprint density at radius 2 is 1.73 bits per heavy atom. The Morgan fingerprint density at radius 3 is 2.55 bits per heavy atom. The molecule has 0 spiro atoms. The van der Waals surface area contributed by atoms with Crippen LogP contribution < -0.4 is 10.1 Å². The van der Waals surface area contributed by atoms with Gasteiger partial charge in [-0.05, 0) is 55.5 Å². The third-order valence-electron chi connectivity index (χ3n) is 6.19. The standard InChI is InChI=1S/C28H18Cl2N8OS/c1-16-27(33-31-21-12-11-18(29)14-20(21)30)40-28-34-32-26(38(28)35-16)22-15-23(37(36-22)19-8-3-2-4-9-19)25-13-17-7-5-6-10-24(17)39-25/h2-15,31H,1H3. The fraction of sp³-hybridized carbons (Fsp3) is 0.0357. The molecular formula is C28H18Cl2N8OS. The molecule has 0 radical (unpaired) electrons. The lowest BCUT2D eigenvalue weighted by atomic mass is 10.2. The normalized spacial score (nSPS) is 12.0. The number of furan rings is 1. The number of anilines is 1. The number of benzene rings is 3. The highest BCUT2D eigenvalue weighted by molar-refractivity contribution is 7.14. The van der Waals surface area contributed by atoms with Crippen LogP contribution in [-0.4, -0.2) is 29.6 Å². The second-order valence-corrected chi connectivity index (χ2v) is 10.7. The fourth-order valence-electron chi connectivity index (χ4n) is 4.27. The monoisotopic (exact) mass is 584 g/mol. The number of hydrogen-bond donors (Lipinski definition) is 1. The molecule has 9 nitrogen and oxygen atoms in total. The molecule has 12 heteroatoms. The van der Waals surface area contributed by atoms with E-state index in [2.05, 4.69) is 20.7 Å². The van der Waals surface area contributed by atoms with Crippen LogP contribution in [0.1, 0.15) is 5.69 Å². The van der Waals surface area contributed by atoms with Crippen LogP contribution in [0.2, 0.25) is 10.0 Å². The molecule has 0 fully saturated rings. The van der Waals surface area contributed by atoms with Gasteiger partial charge in [-0.2, -0.15) is 19.8 Å². The first-order valence-corrected chi connectivity index (χ1v) is 13.7. The molecule has 0 unspecified atom stereocenters. The van der Waals surface area contributed by atoms with E-state index in [0.29, 0.717) is 48.3 Å². The summed E-state index contributed by atoms with van der Waals surface area (Å²) in [6.45, 7) is 1.87. The number of rotatable bonds is 5. The summed E-state index contributed by atoms with van der Waals surface area (Å²) in [6, 6.07) is 26.9. The zero-order valence-corrected chi connectivity index (χ0v) is 23.1. The lowest BCUT2D eigenvalue weighted by Crippen LogP contribution is -2.12. The summed E-state index contributed by atoms with van der Waals surface area (Å²) in [6.07, 6.45) is 0. The summed E-state index contributed by atoms with van der Waals surface area (Å²) in [7, 11) is 0. The van der Waals surface area contributed by atoms with Crippen molar-refractivity contribution < 1.29 is 4.42 Å². The maximum Gasteiger partial charge on any atom is 0.235 e. The molecule has 1 N–H and O–H groups in total. The number of para-hydroxylation sites is 2. The SMILES string of the molecule is Cc1nn2c(-c3cc(-c4cc5ccccc5o4)n(-c4ccccc4)n3)nnc2sc1=NNc1ccc(Cl)cc1Cl. The third kappa shape index (κ3) is 4.41. The van der Waals surface area contributed by atoms with E-state index in [4.69, 9.17) is 37.8 Å². The maximum atomic E-state index is 6.27. The molecule has 0 saturated heterocycles. The minimum Gasteiger partial charge on any atom is -0.454 e. The Kier molecular flexibility index (Phi) is 6.07. The van der Waals surface area contributed by atoms with E-state index in [9.17, 15) is 0 Å². The van der Waals surface area contributed by atoms with Gasteiger partial charge < -0.3 is 4.42 Å². The summed E-state index contributed by atoms with van der Waals surface area (Å²) >= 11 is 13.6. The first kappa shape index (κ1) is 24.5. The number of fused-ring (bicyclic) bond motifs is 2. The van der Waals surface area contributed by atoms with Crippen molar-refractivity contribution in [3.8, 4) is 28.7 Å². The summed E-state index contributed by atoms with van der Waals surface area (Å²) in [5, 5.41) is 24.9. The van der Waals surface area contributed by atoms with E-state index in [1.54, 1.807) is 22.7 Å². The lowest BCUT2D eigenvalue weighted by Gasteiger charge is -2.05. The van der Waals surface area contributed by atoms with Crippen molar-refractivity contribution in [1.29, 1.82) is 0 Å². The molecule has 0 bridgehead atoms. The van der Waals surface area contributed by atoms with Gasteiger partial charge in [0.05, 0.1) is 22.1 Å². The number of hydrogen-bond acceptors (Lipinski definition) is 8. The zero-order chi connectivity index (χ0) is 27.2. The predicted molar refractivity (Wildman–Crippen MR) is 157 cm³/mol. The van der Waals surface area contributed by atoms with Crippen molar-refractivity contribution in [2.45, 2.75) is 6.92 Å². The quantitative estimate of drug-likeness (QED) is 0.219. The first-order chi connectivity index (χ1) is 19.5. The highest BCUT2D eigenvalue weighted by Crippen LogP contribution is 2.32. The largest absolute Gasteiger partial charge is 0.454 e. The summed E-state index contributed by atoms with van der Waals surface area (Å²) in [5.41, 5.74) is 7.36. The molecule has 0 saturated carbocycles. The van der Waals surface area contributed by atoms with Gasteiger partial charge in [-0.25, -0.2) is 4.68 Å². The van der Waals surface area contributed by atoms with E-state index in [0.717, 1.165) is 22.4 Å². The van der Waals surface area contributed by atoms with E-state index in [1.807, 2.05) is 78.3 Å². The van der Waals surface area contributed by atoms with E-state index >= 15 is 0 Å². The molecule has 0 aliphatic rings. The van der Waals surface area contributed by atoms with Crippen LogP contribution in [0.15, 0.2) is 94.4 Å². The molecule has 4 heterocycles. The zero-order valence-electron chi connectivity index (χ0n) is 20.8. The molecular weight excluding hydrogens is 567 g/mol. The van der Waals surface area contributed by atoms with Crippen LogP contribution in [0.25, 0.3) is 44.6 Å². The second-order valence-electron chi connectivity index (χ2n) is 8.87. The molecule has 196 valence electrons. The topological polar surface area (TPSA) is 98.4 Å². The number of halogens is 2. The molecule has 3 aromatic carbocycles. The maximum absolute atomic E-state index is 6.27. The first-order valence-electron chi connectivity index (χ1n) is 12.2. The number of nitrogens with zero attached hydrogens (tertiary/aromatic N) is 7. The third-order valence-corrected chi connectivity index (χ3v) is 7.75. The van der Waals surface area contributed by atoms with E-state index < -0.39 is 0 Å². The van der Waals surface area contributed by atoms with Gasteiger partial charge in [0.2, 0.25) is 10.8 Å². The highest BCUT2D eigenvalue weighted by Gasteiger charge is 2.21. The van der Waals surface area contributed by atoms with Crippen molar-refractivity contribution >= 4 is 56.2 Å². The predicted octanol–water partition coefficient (Wildman–Crippen LogP) is 6.99. The minimum absolute atomic E-state index is 0.465. The molecule has 0 aliphatic carbocycles. The van der Waals surface area contributed by atoms with Crippen LogP contribution in [-0.2, 0) is 0 Å². The molecule has 0 aliphatic heterocycles. The Hall–Kier alpha value is -4.51. The average molecular weight is 585 g/mol. The summed E-state index contributed by atoms with van der Waals surface area (Å²) in [4.78, 5) is 0.558. The molecule has 4 aromatic heterocycles. The van der Waals surface area contributed by atoms with Crippen molar-refractivity contribution in [2.24, 2.45) is 5.10 Å². The summed E-state index contributed by atoms with van der Waals surface area (Å²) < 4.78 is 10.3. The fourth-order valence-corrected chi connectivity index (χ4v) is 5.47. The minimum atomic E-state index is 0.465. The van der Waals surface area contributed by atoms with Crippen molar-refractivity contribution in [2.75, 3.05) is 5.43 Å². The van der Waals surface area contributed by atoms with Crippen LogP contribution in [0.4, 0.5) is 5.69 Å². The highest BCUT2D eigenvalue weighted by atomic mass is 35.5. The summed E-state index contributed by atoms with van der Waals surface area (Å²) in [5.74, 6) is 1.19. The second kappa shape index (κ2) is 9.91. The Balaban J connectivity index is 1.32. The number of aromatic nitrogens is 6. The van der Waals surface area contributed by atoms with E-state index in [1.165, 1.54) is 11.3 Å². The van der Waals surface area contributed by atoms with Gasteiger partial charge in [0.15, 0.2) is 10.4 Å². The van der Waals surface area contributed by atoms with Gasteiger partial charge in [-0.1, -0.05) is 70.9 Å². The van der Waals surface area contributed by atoms with Gasteiger partial charge in [0, 0.05) is 10.4 Å². The van der Waals surface area contributed by atoms with Crippen LogP contribution >= 0.6 is 34.5 Å². The molecule has 40 heavy (non-hydrogen) atoms.